The number of anilines is 1. The van der Waals surface area contributed by atoms with Crippen molar-refractivity contribution < 1.29 is 13.2 Å². The SMILES string of the molecule is [C-]#[N+]C1(c2cc3c(N[C@H](C)c4cccc(C(F)(F)F)c4C)nc(C)nc3nc2Cl)CC1. The van der Waals surface area contributed by atoms with E-state index in [1.165, 1.54) is 13.0 Å². The van der Waals surface area contributed by atoms with Crippen molar-refractivity contribution in [1.29, 1.82) is 0 Å². The summed E-state index contributed by atoms with van der Waals surface area (Å²) in [5.74, 6) is 0.892. The van der Waals surface area contributed by atoms with Gasteiger partial charge >= 0.3 is 6.18 Å². The van der Waals surface area contributed by atoms with Crippen LogP contribution in [0.5, 0.6) is 0 Å². The number of halogens is 4. The van der Waals surface area contributed by atoms with Gasteiger partial charge in [-0.1, -0.05) is 23.7 Å². The molecule has 1 fully saturated rings. The molecule has 0 bridgehead atoms. The lowest BCUT2D eigenvalue weighted by Crippen LogP contribution is -2.15. The number of hydrogen-bond donors (Lipinski definition) is 1. The van der Waals surface area contributed by atoms with Crippen LogP contribution in [0.25, 0.3) is 15.9 Å². The Morgan fingerprint density at radius 1 is 1.19 bits per heavy atom. The number of rotatable bonds is 4. The summed E-state index contributed by atoms with van der Waals surface area (Å²) >= 11 is 6.35. The molecule has 0 unspecified atom stereocenters. The van der Waals surface area contributed by atoms with Crippen molar-refractivity contribution in [1.82, 2.24) is 15.0 Å². The molecule has 0 amide bonds. The molecule has 0 saturated heterocycles. The van der Waals surface area contributed by atoms with Crippen LogP contribution in [0.3, 0.4) is 0 Å². The van der Waals surface area contributed by atoms with E-state index < -0.39 is 23.3 Å². The average molecular weight is 446 g/mol. The predicted molar refractivity (Wildman–Crippen MR) is 113 cm³/mol. The largest absolute Gasteiger partial charge is 0.416 e. The third-order valence-electron chi connectivity index (χ3n) is 5.69. The number of aromatic nitrogens is 3. The van der Waals surface area contributed by atoms with Gasteiger partial charge in [-0.3, -0.25) is 0 Å². The zero-order chi connectivity index (χ0) is 22.6. The van der Waals surface area contributed by atoms with Gasteiger partial charge in [0.2, 0.25) is 0 Å². The molecule has 9 heteroatoms. The molecular formula is C22H19ClF3N5. The Kier molecular flexibility index (Phi) is 5.05. The Hall–Kier alpha value is -2.92. The van der Waals surface area contributed by atoms with E-state index in [1.807, 2.05) is 0 Å². The van der Waals surface area contributed by atoms with Crippen LogP contribution >= 0.6 is 11.6 Å². The minimum Gasteiger partial charge on any atom is -0.363 e. The van der Waals surface area contributed by atoms with Gasteiger partial charge in [-0.25, -0.2) is 21.5 Å². The molecule has 1 N–H and O–H groups in total. The van der Waals surface area contributed by atoms with E-state index in [-0.39, 0.29) is 10.7 Å². The van der Waals surface area contributed by atoms with Crippen LogP contribution in [0.1, 0.15) is 53.9 Å². The number of fused-ring (bicyclic) bond motifs is 1. The van der Waals surface area contributed by atoms with Crippen LogP contribution in [0.15, 0.2) is 24.3 Å². The quantitative estimate of drug-likeness (QED) is 0.373. The highest BCUT2D eigenvalue weighted by molar-refractivity contribution is 6.30. The summed E-state index contributed by atoms with van der Waals surface area (Å²) in [5.41, 5.74) is 0.362. The zero-order valence-electron chi connectivity index (χ0n) is 17.1. The van der Waals surface area contributed by atoms with E-state index in [0.29, 0.717) is 46.6 Å². The van der Waals surface area contributed by atoms with Gasteiger partial charge in [0, 0.05) is 12.8 Å². The predicted octanol–water partition coefficient (Wildman–Crippen LogP) is 6.40. The number of alkyl halides is 3. The van der Waals surface area contributed by atoms with E-state index in [4.69, 9.17) is 18.2 Å². The van der Waals surface area contributed by atoms with Crippen molar-refractivity contribution in [2.75, 3.05) is 5.32 Å². The van der Waals surface area contributed by atoms with Gasteiger partial charge < -0.3 is 10.2 Å². The van der Waals surface area contributed by atoms with Gasteiger partial charge in [-0.15, -0.1) is 0 Å². The maximum atomic E-state index is 13.3. The number of hydrogen-bond acceptors (Lipinski definition) is 4. The van der Waals surface area contributed by atoms with Crippen molar-refractivity contribution in [2.45, 2.75) is 51.4 Å². The summed E-state index contributed by atoms with van der Waals surface area (Å²) in [4.78, 5) is 16.9. The lowest BCUT2D eigenvalue weighted by Gasteiger charge is -2.21. The van der Waals surface area contributed by atoms with Crippen molar-refractivity contribution >= 4 is 28.5 Å². The smallest absolute Gasteiger partial charge is 0.363 e. The molecule has 160 valence electrons. The number of pyridine rings is 1. The zero-order valence-corrected chi connectivity index (χ0v) is 17.9. The van der Waals surface area contributed by atoms with Gasteiger partial charge in [0.05, 0.1) is 22.6 Å². The van der Waals surface area contributed by atoms with E-state index in [2.05, 4.69) is 25.1 Å². The molecule has 0 aliphatic heterocycles. The van der Waals surface area contributed by atoms with Crippen molar-refractivity contribution in [3.8, 4) is 0 Å². The van der Waals surface area contributed by atoms with Crippen LogP contribution < -0.4 is 5.32 Å². The highest BCUT2D eigenvalue weighted by Crippen LogP contribution is 2.52. The first-order valence-corrected chi connectivity index (χ1v) is 10.1. The fourth-order valence-corrected chi connectivity index (χ4v) is 4.16. The molecule has 31 heavy (non-hydrogen) atoms. The fraction of sp³-hybridized carbons (Fsp3) is 0.364. The topological polar surface area (TPSA) is 55.1 Å². The molecule has 1 saturated carbocycles. The molecular weight excluding hydrogens is 427 g/mol. The standard InChI is InChI=1S/C22H19ClF3N5/c1-11-14(6-5-7-16(11)22(24,25)26)12(2)28-19-15-10-17(21(27-4)8-9-21)18(23)31-20(15)30-13(3)29-19/h5-7,10,12H,8-9H2,1-3H3,(H,28,29,30,31)/t12-/m1/s1. The van der Waals surface area contributed by atoms with Crippen LogP contribution in [-0.2, 0) is 11.7 Å². The first-order valence-electron chi connectivity index (χ1n) is 9.73. The van der Waals surface area contributed by atoms with Crippen LogP contribution in [0.4, 0.5) is 19.0 Å². The Morgan fingerprint density at radius 3 is 2.52 bits per heavy atom. The normalized spacial score (nSPS) is 16.1. The van der Waals surface area contributed by atoms with Gasteiger partial charge in [0.15, 0.2) is 5.65 Å². The summed E-state index contributed by atoms with van der Waals surface area (Å²) in [5, 5.41) is 4.04. The first-order chi connectivity index (χ1) is 14.6. The number of nitrogens with zero attached hydrogens (tertiary/aromatic N) is 4. The minimum absolute atomic E-state index is 0.164. The Morgan fingerprint density at radius 2 is 1.90 bits per heavy atom. The highest BCUT2D eigenvalue weighted by Gasteiger charge is 2.54. The molecule has 5 nitrogen and oxygen atoms in total. The Balaban J connectivity index is 1.79. The average Bonchev–Trinajstić information content (AvgIpc) is 3.47. The van der Waals surface area contributed by atoms with Crippen molar-refractivity contribution in [2.24, 2.45) is 0 Å². The second-order valence-electron chi connectivity index (χ2n) is 7.84. The third kappa shape index (κ3) is 3.79. The van der Waals surface area contributed by atoms with Crippen LogP contribution in [0.2, 0.25) is 5.15 Å². The first kappa shape index (κ1) is 21.3. The number of benzene rings is 1. The molecule has 0 radical (unpaired) electrons. The second-order valence-corrected chi connectivity index (χ2v) is 8.20. The van der Waals surface area contributed by atoms with Crippen LogP contribution in [0, 0.1) is 20.4 Å². The summed E-state index contributed by atoms with van der Waals surface area (Å²) in [6, 6.07) is 5.46. The molecule has 2 aromatic heterocycles. The lowest BCUT2D eigenvalue weighted by molar-refractivity contribution is -0.138. The summed E-state index contributed by atoms with van der Waals surface area (Å²) in [6.45, 7) is 12.5. The van der Waals surface area contributed by atoms with E-state index in [9.17, 15) is 13.2 Å². The van der Waals surface area contributed by atoms with Gasteiger partial charge in [-0.2, -0.15) is 13.2 Å². The molecule has 1 atom stereocenters. The number of aryl methyl sites for hydroxylation is 1. The van der Waals surface area contributed by atoms with Crippen molar-refractivity contribution in [3.05, 3.63) is 68.9 Å². The summed E-state index contributed by atoms with van der Waals surface area (Å²) in [7, 11) is 0. The molecule has 1 aliphatic carbocycles. The monoisotopic (exact) mass is 445 g/mol. The van der Waals surface area contributed by atoms with E-state index >= 15 is 0 Å². The Bertz CT molecular complexity index is 1230. The number of nitrogens with one attached hydrogen (secondary N) is 1. The molecule has 0 spiro atoms. The highest BCUT2D eigenvalue weighted by atomic mass is 35.5. The molecule has 3 aromatic rings. The minimum atomic E-state index is -4.42. The van der Waals surface area contributed by atoms with Gasteiger partial charge in [0.25, 0.3) is 5.54 Å². The molecule has 1 aromatic carbocycles. The third-order valence-corrected chi connectivity index (χ3v) is 5.98. The van der Waals surface area contributed by atoms with Gasteiger partial charge in [-0.05, 0) is 44.0 Å². The summed E-state index contributed by atoms with van der Waals surface area (Å²) < 4.78 is 40.0. The maximum absolute atomic E-state index is 13.3. The fourth-order valence-electron chi connectivity index (χ4n) is 3.85. The molecule has 1 aliphatic rings. The molecule has 2 heterocycles. The lowest BCUT2D eigenvalue weighted by atomic mass is 9.97. The second kappa shape index (κ2) is 7.34. The van der Waals surface area contributed by atoms with Gasteiger partial charge in [0.1, 0.15) is 16.8 Å². The maximum Gasteiger partial charge on any atom is 0.416 e. The van der Waals surface area contributed by atoms with Crippen molar-refractivity contribution in [3.63, 3.8) is 0 Å². The molecule has 4 rings (SSSR count). The van der Waals surface area contributed by atoms with E-state index in [0.717, 1.165) is 6.07 Å². The van der Waals surface area contributed by atoms with Crippen LogP contribution in [-0.4, -0.2) is 15.0 Å². The summed E-state index contributed by atoms with van der Waals surface area (Å²) in [6.07, 6.45) is -3.01. The Labute approximate surface area is 182 Å². The van der Waals surface area contributed by atoms with E-state index in [1.54, 1.807) is 26.0 Å².